The van der Waals surface area contributed by atoms with Crippen LogP contribution in [0, 0.1) is 12.7 Å². The van der Waals surface area contributed by atoms with E-state index in [9.17, 15) is 17.6 Å². The molecular weight excluding hydrogens is 417 g/mol. The van der Waals surface area contributed by atoms with Crippen molar-refractivity contribution in [1.29, 1.82) is 0 Å². The van der Waals surface area contributed by atoms with Crippen LogP contribution < -0.4 is 4.74 Å². The number of methoxy groups -OCH3 is 1. The summed E-state index contributed by atoms with van der Waals surface area (Å²) in [5, 5.41) is 0.337. The molecule has 0 spiro atoms. The summed E-state index contributed by atoms with van der Waals surface area (Å²) in [6.45, 7) is 1.83. The molecule has 7 heteroatoms. The molecule has 0 aliphatic heterocycles. The van der Waals surface area contributed by atoms with Gasteiger partial charge in [0.05, 0.1) is 28.0 Å². The van der Waals surface area contributed by atoms with Crippen molar-refractivity contribution in [2.45, 2.75) is 16.7 Å². The highest BCUT2D eigenvalue weighted by Crippen LogP contribution is 2.32. The number of hydrogen-bond donors (Lipinski definition) is 0. The van der Waals surface area contributed by atoms with Crippen molar-refractivity contribution < 1.29 is 22.3 Å². The number of sulfone groups is 1. The number of fused-ring (bicyclic) bond motifs is 1. The Morgan fingerprint density at radius 1 is 0.968 bits per heavy atom. The number of nitrogens with zero attached hydrogens (tertiary/aromatic N) is 1. The highest BCUT2D eigenvalue weighted by Gasteiger charge is 2.28. The van der Waals surface area contributed by atoms with E-state index >= 15 is 0 Å². The van der Waals surface area contributed by atoms with E-state index in [0.29, 0.717) is 22.2 Å². The third-order valence-electron chi connectivity index (χ3n) is 4.96. The van der Waals surface area contributed by atoms with Crippen LogP contribution in [0.3, 0.4) is 0 Å². The summed E-state index contributed by atoms with van der Waals surface area (Å²) in [4.78, 5) is 17.4. The van der Waals surface area contributed by atoms with Gasteiger partial charge in [-0.15, -0.1) is 0 Å². The maximum atomic E-state index is 13.6. The largest absolute Gasteiger partial charge is 0.497 e. The van der Waals surface area contributed by atoms with Crippen molar-refractivity contribution in [2.24, 2.45) is 0 Å². The number of rotatable bonds is 5. The van der Waals surface area contributed by atoms with E-state index in [1.807, 2.05) is 13.0 Å². The van der Waals surface area contributed by atoms with Crippen molar-refractivity contribution >= 4 is 26.5 Å². The number of ether oxygens (including phenoxy) is 1. The summed E-state index contributed by atoms with van der Waals surface area (Å²) in [6.07, 6.45) is 1.28. The smallest absolute Gasteiger partial charge is 0.208 e. The van der Waals surface area contributed by atoms with E-state index in [1.165, 1.54) is 25.4 Å². The van der Waals surface area contributed by atoms with Crippen molar-refractivity contribution in [3.05, 3.63) is 95.4 Å². The number of aryl methyl sites for hydroxylation is 1. The van der Waals surface area contributed by atoms with Crippen molar-refractivity contribution in [3.63, 3.8) is 0 Å². The lowest BCUT2D eigenvalue weighted by atomic mass is 10.0. The number of halogens is 1. The lowest BCUT2D eigenvalue weighted by Crippen LogP contribution is -2.13. The molecule has 1 aromatic heterocycles. The average molecular weight is 435 g/mol. The zero-order chi connectivity index (χ0) is 22.2. The Bertz CT molecular complexity index is 1400. The average Bonchev–Trinajstić information content (AvgIpc) is 2.78. The summed E-state index contributed by atoms with van der Waals surface area (Å²) in [6, 6.07) is 16.1. The number of pyridine rings is 1. The minimum atomic E-state index is -4.15. The molecule has 0 aliphatic rings. The molecule has 0 bridgehead atoms. The molecule has 3 aromatic carbocycles. The lowest BCUT2D eigenvalue weighted by molar-refractivity contribution is 0.103. The number of hydrogen-bond acceptors (Lipinski definition) is 5. The first-order chi connectivity index (χ1) is 14.8. The molecule has 4 aromatic rings. The van der Waals surface area contributed by atoms with Gasteiger partial charge >= 0.3 is 0 Å². The number of carbonyl (C=O) groups is 1. The standard InChI is InChI=1S/C24H18FNO4S/c1-15-3-12-22-20(13-15)24(31(28,29)19-10-6-17(25)7-11-19)21(14-26-22)23(27)16-4-8-18(30-2)9-5-16/h3-14H,1-2H3. The van der Waals surface area contributed by atoms with Crippen LogP contribution in [-0.2, 0) is 9.84 Å². The summed E-state index contributed by atoms with van der Waals surface area (Å²) >= 11 is 0. The highest BCUT2D eigenvalue weighted by atomic mass is 32.2. The van der Waals surface area contributed by atoms with Gasteiger partial charge in [0.15, 0.2) is 5.78 Å². The molecule has 0 N–H and O–H groups in total. The predicted molar refractivity (Wildman–Crippen MR) is 115 cm³/mol. The molecule has 0 radical (unpaired) electrons. The van der Waals surface area contributed by atoms with Crippen LogP contribution in [0.5, 0.6) is 5.75 Å². The molecule has 0 fully saturated rings. The molecule has 0 atom stereocenters. The number of carbonyl (C=O) groups excluding carboxylic acids is 1. The number of benzene rings is 3. The van der Waals surface area contributed by atoms with Gasteiger partial charge in [-0.05, 0) is 67.6 Å². The van der Waals surface area contributed by atoms with Gasteiger partial charge in [0, 0.05) is 17.1 Å². The van der Waals surface area contributed by atoms with Gasteiger partial charge in [0.25, 0.3) is 0 Å². The van der Waals surface area contributed by atoms with Gasteiger partial charge in [0.1, 0.15) is 11.6 Å². The maximum absolute atomic E-state index is 13.6. The molecule has 0 saturated carbocycles. The minimum absolute atomic E-state index is 0.0485. The summed E-state index contributed by atoms with van der Waals surface area (Å²) < 4.78 is 45.7. The van der Waals surface area contributed by atoms with E-state index in [1.54, 1.807) is 36.4 Å². The van der Waals surface area contributed by atoms with Gasteiger partial charge in [-0.25, -0.2) is 12.8 Å². The van der Waals surface area contributed by atoms with Crippen LogP contribution in [0.1, 0.15) is 21.5 Å². The first kappa shape index (κ1) is 20.7. The molecule has 0 amide bonds. The fourth-order valence-electron chi connectivity index (χ4n) is 3.36. The third-order valence-corrected chi connectivity index (χ3v) is 6.83. The zero-order valence-electron chi connectivity index (χ0n) is 16.8. The quantitative estimate of drug-likeness (QED) is 0.334. The SMILES string of the molecule is COc1ccc(C(=O)c2cnc3ccc(C)cc3c2S(=O)(=O)c2ccc(F)cc2)cc1. The second-order valence-corrected chi connectivity index (χ2v) is 8.92. The first-order valence-corrected chi connectivity index (χ1v) is 10.9. The number of aromatic nitrogens is 1. The van der Waals surface area contributed by atoms with Crippen molar-refractivity contribution in [2.75, 3.05) is 7.11 Å². The Morgan fingerprint density at radius 2 is 1.65 bits per heavy atom. The van der Waals surface area contributed by atoms with E-state index in [-0.39, 0.29) is 15.4 Å². The Hall–Kier alpha value is -3.58. The normalized spacial score (nSPS) is 11.5. The highest BCUT2D eigenvalue weighted by molar-refractivity contribution is 7.91. The van der Waals surface area contributed by atoms with Crippen LogP contribution in [0.4, 0.5) is 4.39 Å². The van der Waals surface area contributed by atoms with Crippen LogP contribution in [0.15, 0.2) is 82.7 Å². The molecule has 31 heavy (non-hydrogen) atoms. The Balaban J connectivity index is 2.00. The van der Waals surface area contributed by atoms with Gasteiger partial charge in [-0.1, -0.05) is 11.6 Å². The Morgan fingerprint density at radius 3 is 2.29 bits per heavy atom. The fraction of sp³-hybridized carbons (Fsp3) is 0.0833. The monoisotopic (exact) mass is 435 g/mol. The second-order valence-electron chi connectivity index (χ2n) is 7.04. The fourth-order valence-corrected chi connectivity index (χ4v) is 4.98. The minimum Gasteiger partial charge on any atom is -0.497 e. The summed E-state index contributed by atoms with van der Waals surface area (Å²) in [5.41, 5.74) is 1.51. The molecular formula is C24H18FNO4S. The van der Waals surface area contributed by atoms with Gasteiger partial charge in [-0.3, -0.25) is 9.78 Å². The maximum Gasteiger partial charge on any atom is 0.208 e. The van der Waals surface area contributed by atoms with E-state index in [0.717, 1.165) is 17.7 Å². The zero-order valence-corrected chi connectivity index (χ0v) is 17.6. The van der Waals surface area contributed by atoms with E-state index < -0.39 is 21.4 Å². The molecule has 156 valence electrons. The van der Waals surface area contributed by atoms with Gasteiger partial charge in [-0.2, -0.15) is 0 Å². The van der Waals surface area contributed by atoms with E-state index in [4.69, 9.17) is 4.74 Å². The third kappa shape index (κ3) is 3.80. The van der Waals surface area contributed by atoms with Crippen molar-refractivity contribution in [1.82, 2.24) is 4.98 Å². The Labute approximate surface area is 179 Å². The second kappa shape index (κ2) is 7.92. The molecule has 0 unspecified atom stereocenters. The van der Waals surface area contributed by atoms with Crippen LogP contribution >= 0.6 is 0 Å². The molecule has 1 heterocycles. The predicted octanol–water partition coefficient (Wildman–Crippen LogP) is 4.75. The molecule has 0 saturated heterocycles. The summed E-state index contributed by atoms with van der Waals surface area (Å²) in [7, 11) is -2.63. The molecule has 0 aliphatic carbocycles. The number of ketones is 1. The summed E-state index contributed by atoms with van der Waals surface area (Å²) in [5.74, 6) is -0.467. The lowest BCUT2D eigenvalue weighted by Gasteiger charge is -2.14. The molecule has 4 rings (SSSR count). The topological polar surface area (TPSA) is 73.3 Å². The van der Waals surface area contributed by atoms with Gasteiger partial charge in [0.2, 0.25) is 9.84 Å². The van der Waals surface area contributed by atoms with E-state index in [2.05, 4.69) is 4.98 Å². The van der Waals surface area contributed by atoms with Gasteiger partial charge < -0.3 is 4.74 Å². The van der Waals surface area contributed by atoms with Crippen molar-refractivity contribution in [3.8, 4) is 5.75 Å². The first-order valence-electron chi connectivity index (χ1n) is 9.40. The molecule has 5 nitrogen and oxygen atoms in total. The van der Waals surface area contributed by atoms with Crippen LogP contribution in [0.2, 0.25) is 0 Å². The van der Waals surface area contributed by atoms with Crippen LogP contribution in [-0.4, -0.2) is 26.3 Å². The Kier molecular flexibility index (Phi) is 5.29. The van der Waals surface area contributed by atoms with Crippen LogP contribution in [0.25, 0.3) is 10.9 Å².